The molecule has 1 aromatic rings. The number of ether oxygens (including phenoxy) is 1. The van der Waals surface area contributed by atoms with Gasteiger partial charge in [-0.3, -0.25) is 4.79 Å². The van der Waals surface area contributed by atoms with Crippen LogP contribution in [0.15, 0.2) is 0 Å². The van der Waals surface area contributed by atoms with E-state index in [9.17, 15) is 4.79 Å². The normalized spacial score (nSPS) is 13.8. The van der Waals surface area contributed by atoms with Crippen molar-refractivity contribution in [1.82, 2.24) is 20.3 Å². The molecule has 1 amide bonds. The Kier molecular flexibility index (Phi) is 4.32. The van der Waals surface area contributed by atoms with E-state index in [1.165, 1.54) is 0 Å². The van der Waals surface area contributed by atoms with Crippen LogP contribution in [0.25, 0.3) is 0 Å². The summed E-state index contributed by atoms with van der Waals surface area (Å²) in [6.45, 7) is 2.45. The molecule has 0 bridgehead atoms. The van der Waals surface area contributed by atoms with Crippen LogP contribution in [0, 0.1) is 0 Å². The van der Waals surface area contributed by atoms with Gasteiger partial charge < -0.3 is 20.7 Å². The van der Waals surface area contributed by atoms with E-state index >= 15 is 0 Å². The number of hydrogen-bond donors (Lipinski definition) is 3. The zero-order valence-electron chi connectivity index (χ0n) is 11.1. The van der Waals surface area contributed by atoms with Crippen molar-refractivity contribution >= 4 is 17.8 Å². The third kappa shape index (κ3) is 4.23. The van der Waals surface area contributed by atoms with E-state index < -0.39 is 0 Å². The lowest BCUT2D eigenvalue weighted by Gasteiger charge is -2.08. The highest BCUT2D eigenvalue weighted by atomic mass is 16.5. The van der Waals surface area contributed by atoms with Gasteiger partial charge in [0.25, 0.3) is 0 Å². The molecular weight excluding hydrogens is 248 g/mol. The van der Waals surface area contributed by atoms with Crippen LogP contribution in [-0.2, 0) is 4.79 Å². The summed E-state index contributed by atoms with van der Waals surface area (Å²) in [5, 5.41) is 8.54. The summed E-state index contributed by atoms with van der Waals surface area (Å²) in [5.41, 5.74) is 0. The van der Waals surface area contributed by atoms with Gasteiger partial charge in [-0.2, -0.15) is 15.0 Å². The Morgan fingerprint density at radius 2 is 2.05 bits per heavy atom. The van der Waals surface area contributed by atoms with Crippen molar-refractivity contribution in [3.63, 3.8) is 0 Å². The van der Waals surface area contributed by atoms with Gasteiger partial charge in [-0.25, -0.2) is 0 Å². The molecule has 0 saturated heterocycles. The Hall–Kier alpha value is -2.12. The summed E-state index contributed by atoms with van der Waals surface area (Å²) >= 11 is 0. The first-order valence-electron chi connectivity index (χ1n) is 6.31. The zero-order chi connectivity index (χ0) is 13.7. The molecule has 2 rings (SSSR count). The molecule has 0 radical (unpaired) electrons. The number of aromatic nitrogens is 3. The van der Waals surface area contributed by atoms with Crippen LogP contribution in [0.5, 0.6) is 6.01 Å². The van der Waals surface area contributed by atoms with Gasteiger partial charge in [0.05, 0.1) is 13.2 Å². The molecule has 8 nitrogen and oxygen atoms in total. The number of nitrogens with zero attached hydrogens (tertiary/aromatic N) is 3. The molecule has 1 aliphatic carbocycles. The summed E-state index contributed by atoms with van der Waals surface area (Å²) in [5.74, 6) is 0.643. The third-order valence-corrected chi connectivity index (χ3v) is 2.46. The molecule has 0 unspecified atom stereocenters. The maximum atomic E-state index is 11.5. The molecule has 1 heterocycles. The molecule has 0 aromatic carbocycles. The second-order valence-electron chi connectivity index (χ2n) is 4.14. The highest BCUT2D eigenvalue weighted by Crippen LogP contribution is 2.18. The van der Waals surface area contributed by atoms with Gasteiger partial charge in [0.15, 0.2) is 0 Å². The van der Waals surface area contributed by atoms with Crippen LogP contribution in [0.1, 0.15) is 19.8 Å². The maximum absolute atomic E-state index is 11.5. The van der Waals surface area contributed by atoms with Gasteiger partial charge in [-0.15, -0.1) is 0 Å². The number of carbonyl (C=O) groups is 1. The number of rotatable bonds is 7. The molecule has 1 aliphatic rings. The van der Waals surface area contributed by atoms with Crippen molar-refractivity contribution in [2.75, 3.05) is 30.8 Å². The lowest BCUT2D eigenvalue weighted by Crippen LogP contribution is -2.31. The monoisotopic (exact) mass is 266 g/mol. The quantitative estimate of drug-likeness (QED) is 0.638. The van der Waals surface area contributed by atoms with Gasteiger partial charge in [0.2, 0.25) is 17.8 Å². The fourth-order valence-corrected chi connectivity index (χ4v) is 1.41. The maximum Gasteiger partial charge on any atom is 0.323 e. The molecule has 3 N–H and O–H groups in total. The average molecular weight is 266 g/mol. The minimum absolute atomic E-state index is 0.0631. The van der Waals surface area contributed by atoms with Crippen molar-refractivity contribution < 1.29 is 9.53 Å². The summed E-state index contributed by atoms with van der Waals surface area (Å²) < 4.78 is 5.23. The number of hydrogen-bond acceptors (Lipinski definition) is 7. The van der Waals surface area contributed by atoms with Crippen molar-refractivity contribution in [2.24, 2.45) is 0 Å². The summed E-state index contributed by atoms with van der Waals surface area (Å²) in [4.78, 5) is 23.7. The molecule has 0 spiro atoms. The molecule has 19 heavy (non-hydrogen) atoms. The molecular formula is C11H18N6O2. The molecule has 8 heteroatoms. The standard InChI is InChI=1S/C11H18N6O2/c1-3-19-11-16-9(12-2)15-10(17-11)13-6-8(18)14-7-4-5-7/h7H,3-6H2,1-2H3,(H,14,18)(H2,12,13,15,16,17). The lowest BCUT2D eigenvalue weighted by molar-refractivity contribution is -0.119. The van der Waals surface area contributed by atoms with Crippen molar-refractivity contribution in [2.45, 2.75) is 25.8 Å². The fraction of sp³-hybridized carbons (Fsp3) is 0.636. The second kappa shape index (κ2) is 6.17. The van der Waals surface area contributed by atoms with Gasteiger partial charge in [0.1, 0.15) is 0 Å². The number of nitrogens with one attached hydrogen (secondary N) is 3. The zero-order valence-corrected chi connectivity index (χ0v) is 11.1. The Morgan fingerprint density at radius 1 is 1.32 bits per heavy atom. The number of carbonyl (C=O) groups excluding carboxylic acids is 1. The molecule has 1 fully saturated rings. The number of anilines is 2. The Labute approximate surface area is 111 Å². The third-order valence-electron chi connectivity index (χ3n) is 2.46. The van der Waals surface area contributed by atoms with Crippen LogP contribution in [0.3, 0.4) is 0 Å². The van der Waals surface area contributed by atoms with Crippen LogP contribution in [0.2, 0.25) is 0 Å². The molecule has 0 atom stereocenters. The topological polar surface area (TPSA) is 101 Å². The minimum atomic E-state index is -0.0631. The lowest BCUT2D eigenvalue weighted by atomic mass is 10.5. The van der Waals surface area contributed by atoms with Crippen LogP contribution < -0.4 is 20.7 Å². The summed E-state index contributed by atoms with van der Waals surface area (Å²) in [7, 11) is 1.70. The van der Waals surface area contributed by atoms with Gasteiger partial charge in [0, 0.05) is 13.1 Å². The van der Waals surface area contributed by atoms with E-state index in [0.717, 1.165) is 12.8 Å². The fourth-order valence-electron chi connectivity index (χ4n) is 1.41. The average Bonchev–Trinajstić information content (AvgIpc) is 3.20. The highest BCUT2D eigenvalue weighted by molar-refractivity contribution is 5.80. The molecule has 104 valence electrons. The van der Waals surface area contributed by atoms with E-state index in [1.54, 1.807) is 7.05 Å². The predicted molar refractivity (Wildman–Crippen MR) is 70.2 cm³/mol. The van der Waals surface area contributed by atoms with Gasteiger partial charge >= 0.3 is 6.01 Å². The first-order valence-corrected chi connectivity index (χ1v) is 6.31. The smallest absolute Gasteiger partial charge is 0.323 e. The van der Waals surface area contributed by atoms with E-state index in [-0.39, 0.29) is 18.5 Å². The van der Waals surface area contributed by atoms with Crippen molar-refractivity contribution in [1.29, 1.82) is 0 Å². The Bertz CT molecular complexity index is 449. The molecule has 0 aliphatic heterocycles. The van der Waals surface area contributed by atoms with E-state index in [0.29, 0.717) is 24.5 Å². The minimum Gasteiger partial charge on any atom is -0.464 e. The number of amides is 1. The predicted octanol–water partition coefficient (Wildman–Crippen LogP) is 0.00250. The molecule has 1 aromatic heterocycles. The highest BCUT2D eigenvalue weighted by Gasteiger charge is 2.23. The van der Waals surface area contributed by atoms with Crippen LogP contribution in [-0.4, -0.2) is 47.1 Å². The van der Waals surface area contributed by atoms with E-state index in [2.05, 4.69) is 30.9 Å². The first-order chi connectivity index (χ1) is 9.21. The van der Waals surface area contributed by atoms with Crippen LogP contribution >= 0.6 is 0 Å². The van der Waals surface area contributed by atoms with E-state index in [1.807, 2.05) is 6.92 Å². The summed E-state index contributed by atoms with van der Waals surface area (Å²) in [6.07, 6.45) is 2.13. The largest absolute Gasteiger partial charge is 0.464 e. The van der Waals surface area contributed by atoms with Crippen LogP contribution in [0.4, 0.5) is 11.9 Å². The first kappa shape index (κ1) is 13.3. The van der Waals surface area contributed by atoms with Gasteiger partial charge in [-0.05, 0) is 19.8 Å². The van der Waals surface area contributed by atoms with Gasteiger partial charge in [-0.1, -0.05) is 0 Å². The SMILES string of the molecule is CCOc1nc(NC)nc(NCC(=O)NC2CC2)n1. The van der Waals surface area contributed by atoms with Crippen molar-refractivity contribution in [3.05, 3.63) is 0 Å². The van der Waals surface area contributed by atoms with E-state index in [4.69, 9.17) is 4.74 Å². The Balaban J connectivity index is 1.93. The second-order valence-corrected chi connectivity index (χ2v) is 4.14. The Morgan fingerprint density at radius 3 is 2.68 bits per heavy atom. The van der Waals surface area contributed by atoms with Crippen molar-refractivity contribution in [3.8, 4) is 6.01 Å². The molecule has 1 saturated carbocycles. The summed E-state index contributed by atoms with van der Waals surface area (Å²) in [6, 6.07) is 0.575.